The van der Waals surface area contributed by atoms with Gasteiger partial charge >= 0.3 is 78.1 Å². The van der Waals surface area contributed by atoms with Gasteiger partial charge in [-0.15, -0.1) is 0 Å². The highest BCUT2D eigenvalue weighted by atomic mass is 127. The fraction of sp³-hybridized carbons (Fsp3) is 0.553. The Labute approximate surface area is 611 Å². The monoisotopic (exact) mass is 1660 g/mol. The predicted molar refractivity (Wildman–Crippen MR) is 353 cm³/mol. The molecule has 0 unspecified atom stereocenters. The van der Waals surface area contributed by atoms with Crippen LogP contribution in [-0.4, -0.2) is 17.7 Å². The molecule has 0 N–H and O–H groups in total. The zero-order valence-corrected chi connectivity index (χ0v) is 60.7. The number of hydrogen-bond acceptors (Lipinski definition) is 4. The van der Waals surface area contributed by atoms with Crippen LogP contribution in [0.25, 0.3) is 0 Å². The molecule has 6 rings (SSSR count). The molecule has 0 radical (unpaired) electrons. The minimum absolute atomic E-state index is 0.101. The molecular formula is C76H86BF24IO4. The van der Waals surface area contributed by atoms with Crippen LogP contribution in [0.2, 0.25) is 0 Å². The average molecular weight is 1660 g/mol. The molecule has 0 aliphatic rings. The maximum Gasteiger partial charge on any atom is 0.443 e. The number of hydrogen-bond donors (Lipinski definition) is 0. The number of ketones is 2. The van der Waals surface area contributed by atoms with Crippen molar-refractivity contribution in [2.24, 2.45) is 0 Å². The fourth-order valence-electron chi connectivity index (χ4n) is 12.8. The number of Topliss-reactive ketones (excluding diaryl/α,β-unsaturated/α-hetero) is 2. The highest BCUT2D eigenvalue weighted by molar-refractivity contribution is 7.20. The van der Waals surface area contributed by atoms with E-state index in [4.69, 9.17) is 8.83 Å². The van der Waals surface area contributed by atoms with Crippen molar-refractivity contribution in [1.82, 2.24) is 0 Å². The molecule has 0 fully saturated rings. The van der Waals surface area contributed by atoms with E-state index in [1.807, 2.05) is 24.3 Å². The van der Waals surface area contributed by atoms with Crippen LogP contribution in [0, 0.1) is 7.53 Å². The van der Waals surface area contributed by atoms with Crippen LogP contribution < -0.4 is 43.1 Å². The Hall–Kier alpha value is -6.11. The molecule has 0 saturated heterocycles. The van der Waals surface area contributed by atoms with Gasteiger partial charge in [-0.05, 0) is 49.2 Å². The van der Waals surface area contributed by atoms with Crippen LogP contribution in [0.5, 0.6) is 0 Å². The normalized spacial score (nSPS) is 13.0. The lowest BCUT2D eigenvalue weighted by Crippen LogP contribution is -3.61. The van der Waals surface area contributed by atoms with Crippen molar-refractivity contribution >= 4 is 39.6 Å². The number of carbonyl (C=O) groups is 2. The minimum atomic E-state index is -6.13. The first kappa shape index (κ1) is 90.5. The third-order valence-electron chi connectivity index (χ3n) is 18.3. The van der Waals surface area contributed by atoms with Gasteiger partial charge in [-0.2, -0.15) is 127 Å². The quantitative estimate of drug-likeness (QED) is 0.0126. The third-order valence-corrected chi connectivity index (χ3v) is 20.6. The van der Waals surface area contributed by atoms with Crippen LogP contribution in [0.4, 0.5) is 105 Å². The first-order chi connectivity index (χ1) is 49.4. The van der Waals surface area contributed by atoms with Gasteiger partial charge in [0, 0.05) is 25.0 Å². The van der Waals surface area contributed by atoms with Crippen molar-refractivity contribution in [1.29, 1.82) is 0 Å². The third kappa shape index (κ3) is 29.0. The lowest BCUT2D eigenvalue weighted by molar-refractivity contribution is -0.636. The Morgan fingerprint density at radius 3 is 0.604 bits per heavy atom. The largest absolute Gasteiger partial charge is 0.443 e. The second-order valence-corrected chi connectivity index (χ2v) is 29.4. The summed E-state index contributed by atoms with van der Waals surface area (Å²) in [4.78, 5) is 25.3. The molecule has 0 amide bonds. The van der Waals surface area contributed by atoms with Gasteiger partial charge in [0.2, 0.25) is 0 Å². The Bertz CT molecular complexity index is 3140. The van der Waals surface area contributed by atoms with Gasteiger partial charge in [0.1, 0.15) is 6.15 Å². The van der Waals surface area contributed by atoms with Gasteiger partial charge in [0.15, 0.2) is 23.1 Å². The molecule has 6 aromatic rings. The summed E-state index contributed by atoms with van der Waals surface area (Å²) in [6.45, 7) is 4.56. The van der Waals surface area contributed by atoms with Gasteiger partial charge in [0.25, 0.3) is 0 Å². The van der Waals surface area contributed by atoms with Gasteiger partial charge < -0.3 is 8.83 Å². The van der Waals surface area contributed by atoms with E-state index in [0.29, 0.717) is 24.4 Å². The predicted octanol–water partition coefficient (Wildman–Crippen LogP) is 23.1. The standard InChI is InChI=1S/C44H74IO4.C32H12BF24/c1-3-5-7-9-11-13-15-17-19-21-23-25-27-29-31-33-39(46)41-35-37-43(48-41)45-44-38-36-42(49-44)40(47)34-32-30-28-26-24-22-20-18-16-14-12-10-8-6-4-2;34-25(35,36)13-1-14(26(37,38)39)6-21(5-13)33(22-7-15(27(40,41)42)2-16(8-22)28(43,44)45,23-9-17(29(46,47)48)3-18(10-23)30(49,50)51)24-11-19(31(52,53)54)4-20(12-24)32(55,56)57/h35-38H,3-34H2,1-2H3;1-12H/q+1;-1. The SMILES string of the molecule is CCCCCCCCCCCCCCCCCC(=O)c1ccc([I+]c2ccc(C(=O)CCCCCCCCCCCCCCCCC)o2)o1.FC(F)(F)c1cc([B-](c2cc(C(F)(F)F)cc(C(F)(F)F)c2)(c2cc(C(F)(F)F)cc(C(F)(F)F)c2)c2cc(C(F)(F)F)cc(C(F)(F)F)c2)cc(C(F)(F)F)c1. The van der Waals surface area contributed by atoms with Crippen LogP contribution in [0.3, 0.4) is 0 Å². The maximum absolute atomic E-state index is 14.2. The van der Waals surface area contributed by atoms with Crippen molar-refractivity contribution in [3.05, 3.63) is 161 Å². The number of rotatable bonds is 40. The smallest absolute Gasteiger partial charge is 0.415 e. The van der Waals surface area contributed by atoms with Crippen molar-refractivity contribution in [3.8, 4) is 0 Å². The van der Waals surface area contributed by atoms with E-state index in [1.54, 1.807) is 0 Å². The van der Waals surface area contributed by atoms with Gasteiger partial charge in [0.05, 0.1) is 44.5 Å². The molecule has 592 valence electrons. The summed E-state index contributed by atoms with van der Waals surface area (Å²) < 4.78 is 354. The molecule has 0 bridgehead atoms. The first-order valence-electron chi connectivity index (χ1n) is 35.7. The van der Waals surface area contributed by atoms with Crippen LogP contribution in [-0.2, 0) is 49.4 Å². The lowest BCUT2D eigenvalue weighted by atomic mass is 9.12. The fourth-order valence-corrected chi connectivity index (χ4v) is 14.7. The Morgan fingerprint density at radius 1 is 0.264 bits per heavy atom. The number of halogens is 25. The van der Waals surface area contributed by atoms with E-state index >= 15 is 0 Å². The summed E-state index contributed by atoms with van der Waals surface area (Å²) in [6.07, 6.45) is -14.0. The van der Waals surface area contributed by atoms with Crippen molar-refractivity contribution in [2.45, 2.75) is 269 Å². The molecule has 0 atom stereocenters. The lowest BCUT2D eigenvalue weighted by Gasteiger charge is -2.46. The summed E-state index contributed by atoms with van der Waals surface area (Å²) in [7, 11) is 0. The number of carbonyl (C=O) groups excluding carboxylic acids is 2. The summed E-state index contributed by atoms with van der Waals surface area (Å²) in [5, 5.41) is 0. The van der Waals surface area contributed by atoms with Gasteiger partial charge in [-0.25, -0.2) is 0 Å². The van der Waals surface area contributed by atoms with E-state index in [0.717, 1.165) is 33.2 Å². The number of unbranched alkanes of at least 4 members (excludes halogenated alkanes) is 28. The average Bonchev–Trinajstić information content (AvgIpc) is 0.886. The molecule has 0 spiro atoms. The molecule has 4 nitrogen and oxygen atoms in total. The second-order valence-electron chi connectivity index (χ2n) is 26.8. The summed E-state index contributed by atoms with van der Waals surface area (Å²) >= 11 is -0.689. The van der Waals surface area contributed by atoms with Crippen molar-refractivity contribution in [2.75, 3.05) is 0 Å². The molecule has 106 heavy (non-hydrogen) atoms. The minimum Gasteiger partial charge on any atom is -0.415 e. The number of alkyl halides is 24. The van der Waals surface area contributed by atoms with Crippen LogP contribution in [0.15, 0.2) is 106 Å². The second kappa shape index (κ2) is 40.5. The summed E-state index contributed by atoms with van der Waals surface area (Å²) in [5.41, 5.74) is -30.2. The van der Waals surface area contributed by atoms with Gasteiger partial charge in [-0.3, -0.25) is 9.59 Å². The number of benzene rings is 4. The Morgan fingerprint density at radius 2 is 0.434 bits per heavy atom. The van der Waals surface area contributed by atoms with Crippen LogP contribution >= 0.6 is 0 Å². The molecule has 0 aliphatic carbocycles. The number of furan rings is 2. The molecule has 2 aromatic heterocycles. The topological polar surface area (TPSA) is 60.4 Å². The summed E-state index contributed by atoms with van der Waals surface area (Å²) in [5.74, 6) is 1.14. The molecule has 0 aliphatic heterocycles. The molecular weight excluding hydrogens is 1570 g/mol. The zero-order valence-electron chi connectivity index (χ0n) is 58.5. The zero-order chi connectivity index (χ0) is 79.0. The molecule has 2 heterocycles. The molecule has 0 saturated carbocycles. The van der Waals surface area contributed by atoms with Gasteiger partial charge in [-0.1, -0.05) is 242 Å². The van der Waals surface area contributed by atoms with Crippen LogP contribution in [0.1, 0.15) is 285 Å². The van der Waals surface area contributed by atoms with E-state index in [-0.39, 0.29) is 11.6 Å². The highest BCUT2D eigenvalue weighted by Gasteiger charge is 2.47. The van der Waals surface area contributed by atoms with E-state index in [1.165, 1.54) is 167 Å². The Balaban J connectivity index is 0.000000385. The summed E-state index contributed by atoms with van der Waals surface area (Å²) in [6, 6.07) is -1.36. The highest BCUT2D eigenvalue weighted by Crippen LogP contribution is 2.42. The van der Waals surface area contributed by atoms with Crippen molar-refractivity contribution < 1.29 is 145 Å². The molecule has 30 heteroatoms. The maximum atomic E-state index is 14.2. The van der Waals surface area contributed by atoms with E-state index < -0.39 is 216 Å². The first-order valence-corrected chi connectivity index (χ1v) is 37.8. The van der Waals surface area contributed by atoms with E-state index in [9.17, 15) is 115 Å². The Kier molecular flexibility index (Phi) is 34.6. The molecule has 4 aromatic carbocycles. The van der Waals surface area contributed by atoms with Crippen molar-refractivity contribution in [3.63, 3.8) is 0 Å². The van der Waals surface area contributed by atoms with E-state index in [2.05, 4.69) is 13.8 Å².